The Hall–Kier alpha value is -1.16. The number of nitrogens with zero attached hydrogens (tertiary/aromatic N) is 2. The molecule has 2 saturated heterocycles. The standard InChI is InChI=1S/C17H24N2O/c1-2-6-15-16-12-18(9-10-19(16)13-17(15)20)11-14-7-4-3-5-8-14/h2-5,7-8,15-17,20H,1,6,9-13H2/t15?,16-,17?/m0/s1. The highest BCUT2D eigenvalue weighted by Crippen LogP contribution is 2.31. The average molecular weight is 272 g/mol. The second kappa shape index (κ2) is 6.08. The molecule has 3 nitrogen and oxygen atoms in total. The molecule has 0 amide bonds. The molecule has 2 heterocycles. The van der Waals surface area contributed by atoms with Crippen LogP contribution in [0.15, 0.2) is 43.0 Å². The van der Waals surface area contributed by atoms with Crippen molar-refractivity contribution in [1.29, 1.82) is 0 Å². The van der Waals surface area contributed by atoms with Crippen molar-refractivity contribution < 1.29 is 5.11 Å². The van der Waals surface area contributed by atoms with Gasteiger partial charge < -0.3 is 5.11 Å². The quantitative estimate of drug-likeness (QED) is 0.846. The lowest BCUT2D eigenvalue weighted by molar-refractivity contribution is 0.0816. The molecule has 2 fully saturated rings. The molecule has 1 N–H and O–H groups in total. The van der Waals surface area contributed by atoms with Gasteiger partial charge in [0.25, 0.3) is 0 Å². The van der Waals surface area contributed by atoms with Crippen LogP contribution in [-0.4, -0.2) is 53.2 Å². The number of piperazine rings is 1. The highest BCUT2D eigenvalue weighted by molar-refractivity contribution is 5.15. The smallest absolute Gasteiger partial charge is 0.0713 e. The van der Waals surface area contributed by atoms with Crippen molar-refractivity contribution in [3.05, 3.63) is 48.6 Å². The summed E-state index contributed by atoms with van der Waals surface area (Å²) in [7, 11) is 0. The fourth-order valence-corrected chi connectivity index (χ4v) is 3.66. The van der Waals surface area contributed by atoms with Crippen molar-refractivity contribution in [2.45, 2.75) is 25.1 Å². The summed E-state index contributed by atoms with van der Waals surface area (Å²) in [5.74, 6) is 0.353. The first-order valence-electron chi connectivity index (χ1n) is 7.57. The summed E-state index contributed by atoms with van der Waals surface area (Å²) in [5.41, 5.74) is 1.37. The summed E-state index contributed by atoms with van der Waals surface area (Å²) in [6.07, 6.45) is 2.68. The Kier molecular flexibility index (Phi) is 4.20. The van der Waals surface area contributed by atoms with Crippen LogP contribution in [-0.2, 0) is 6.54 Å². The maximum atomic E-state index is 10.2. The van der Waals surface area contributed by atoms with E-state index in [1.165, 1.54) is 5.56 Å². The van der Waals surface area contributed by atoms with Gasteiger partial charge in [-0.2, -0.15) is 0 Å². The summed E-state index contributed by atoms with van der Waals surface area (Å²) in [4.78, 5) is 4.98. The molecule has 2 aliphatic heterocycles. The van der Waals surface area contributed by atoms with Crippen molar-refractivity contribution in [2.75, 3.05) is 26.2 Å². The highest BCUT2D eigenvalue weighted by atomic mass is 16.3. The lowest BCUT2D eigenvalue weighted by Gasteiger charge is -2.39. The number of hydrogen-bond acceptors (Lipinski definition) is 3. The first-order chi connectivity index (χ1) is 9.78. The minimum atomic E-state index is -0.185. The summed E-state index contributed by atoms with van der Waals surface area (Å²) in [6, 6.07) is 11.1. The average Bonchev–Trinajstić information content (AvgIpc) is 2.77. The van der Waals surface area contributed by atoms with Crippen molar-refractivity contribution in [2.24, 2.45) is 5.92 Å². The van der Waals surface area contributed by atoms with Gasteiger partial charge in [-0.1, -0.05) is 36.4 Å². The molecule has 20 heavy (non-hydrogen) atoms. The topological polar surface area (TPSA) is 26.7 Å². The molecule has 0 saturated carbocycles. The zero-order valence-electron chi connectivity index (χ0n) is 12.0. The molecule has 2 aliphatic rings. The number of aliphatic hydroxyl groups excluding tert-OH is 1. The van der Waals surface area contributed by atoms with E-state index in [-0.39, 0.29) is 6.10 Å². The molecule has 0 aliphatic carbocycles. The third-order valence-corrected chi connectivity index (χ3v) is 4.72. The normalized spacial score (nSPS) is 31.1. The first kappa shape index (κ1) is 13.8. The van der Waals surface area contributed by atoms with E-state index >= 15 is 0 Å². The second-order valence-electron chi connectivity index (χ2n) is 6.04. The number of rotatable bonds is 4. The Bertz CT molecular complexity index is 448. The molecule has 0 aromatic heterocycles. The number of aliphatic hydroxyl groups is 1. The van der Waals surface area contributed by atoms with Crippen LogP contribution < -0.4 is 0 Å². The van der Waals surface area contributed by atoms with Gasteiger partial charge in [0.05, 0.1) is 6.10 Å². The predicted molar refractivity (Wildman–Crippen MR) is 81.4 cm³/mol. The van der Waals surface area contributed by atoms with E-state index in [4.69, 9.17) is 0 Å². The van der Waals surface area contributed by atoms with Crippen molar-refractivity contribution in [1.82, 2.24) is 9.80 Å². The van der Waals surface area contributed by atoms with Gasteiger partial charge in [-0.25, -0.2) is 0 Å². The zero-order chi connectivity index (χ0) is 13.9. The van der Waals surface area contributed by atoms with E-state index in [0.717, 1.165) is 39.1 Å². The minimum Gasteiger partial charge on any atom is -0.391 e. The molecule has 0 radical (unpaired) electrons. The second-order valence-corrected chi connectivity index (χ2v) is 6.04. The Morgan fingerprint density at radius 1 is 1.20 bits per heavy atom. The van der Waals surface area contributed by atoms with Crippen molar-refractivity contribution in [3.8, 4) is 0 Å². The molecule has 1 aromatic rings. The monoisotopic (exact) mass is 272 g/mol. The number of allylic oxidation sites excluding steroid dienone is 1. The van der Waals surface area contributed by atoms with Crippen LogP contribution in [0.25, 0.3) is 0 Å². The van der Waals surface area contributed by atoms with Crippen LogP contribution in [0.5, 0.6) is 0 Å². The van der Waals surface area contributed by atoms with E-state index in [1.807, 2.05) is 6.08 Å². The summed E-state index contributed by atoms with van der Waals surface area (Å²) in [6.45, 7) is 8.92. The highest BCUT2D eigenvalue weighted by Gasteiger charge is 2.42. The van der Waals surface area contributed by atoms with Crippen LogP contribution in [0, 0.1) is 5.92 Å². The Morgan fingerprint density at radius 3 is 2.75 bits per heavy atom. The lowest BCUT2D eigenvalue weighted by atomic mass is 9.93. The Labute approximate surface area is 121 Å². The van der Waals surface area contributed by atoms with Crippen LogP contribution in [0.4, 0.5) is 0 Å². The fraction of sp³-hybridized carbons (Fsp3) is 0.529. The summed E-state index contributed by atoms with van der Waals surface area (Å²) < 4.78 is 0. The molecule has 3 heteroatoms. The number of fused-ring (bicyclic) bond motifs is 1. The van der Waals surface area contributed by atoms with E-state index in [2.05, 4.69) is 46.7 Å². The largest absolute Gasteiger partial charge is 0.391 e. The maximum Gasteiger partial charge on any atom is 0.0713 e. The van der Waals surface area contributed by atoms with E-state index < -0.39 is 0 Å². The van der Waals surface area contributed by atoms with Crippen LogP contribution in [0.2, 0.25) is 0 Å². The molecule has 2 unspecified atom stereocenters. The molecular weight excluding hydrogens is 248 g/mol. The van der Waals surface area contributed by atoms with E-state index in [1.54, 1.807) is 0 Å². The molecule has 0 spiro atoms. The molecule has 108 valence electrons. The van der Waals surface area contributed by atoms with Gasteiger partial charge in [0.1, 0.15) is 0 Å². The molecule has 3 rings (SSSR count). The van der Waals surface area contributed by atoms with Crippen molar-refractivity contribution in [3.63, 3.8) is 0 Å². The van der Waals surface area contributed by atoms with Crippen LogP contribution in [0.3, 0.4) is 0 Å². The van der Waals surface area contributed by atoms with E-state index in [0.29, 0.717) is 12.0 Å². The van der Waals surface area contributed by atoms with Gasteiger partial charge in [-0.15, -0.1) is 6.58 Å². The van der Waals surface area contributed by atoms with Gasteiger partial charge in [-0.05, 0) is 12.0 Å². The lowest BCUT2D eigenvalue weighted by Crippen LogP contribution is -2.51. The van der Waals surface area contributed by atoms with Gasteiger partial charge in [0, 0.05) is 44.7 Å². The summed E-state index contributed by atoms with van der Waals surface area (Å²) >= 11 is 0. The molecule has 0 bridgehead atoms. The SMILES string of the molecule is C=CCC1C(O)CN2CCN(Cc3ccccc3)C[C@@H]12. The van der Waals surface area contributed by atoms with Crippen LogP contribution >= 0.6 is 0 Å². The molecular formula is C17H24N2O. The summed E-state index contributed by atoms with van der Waals surface area (Å²) in [5, 5.41) is 10.2. The third kappa shape index (κ3) is 2.80. The molecule has 1 aromatic carbocycles. The van der Waals surface area contributed by atoms with Gasteiger partial charge in [0.2, 0.25) is 0 Å². The minimum absolute atomic E-state index is 0.185. The fourth-order valence-electron chi connectivity index (χ4n) is 3.66. The predicted octanol–water partition coefficient (Wildman–Crippen LogP) is 1.74. The molecule has 3 atom stereocenters. The third-order valence-electron chi connectivity index (χ3n) is 4.72. The number of benzene rings is 1. The first-order valence-corrected chi connectivity index (χ1v) is 7.57. The number of hydrogen-bond donors (Lipinski definition) is 1. The Morgan fingerprint density at radius 2 is 2.00 bits per heavy atom. The Balaban J connectivity index is 1.65. The zero-order valence-corrected chi connectivity index (χ0v) is 12.0. The van der Waals surface area contributed by atoms with Gasteiger partial charge in [-0.3, -0.25) is 9.80 Å². The van der Waals surface area contributed by atoms with E-state index in [9.17, 15) is 5.11 Å². The van der Waals surface area contributed by atoms with Gasteiger partial charge in [0.15, 0.2) is 0 Å². The maximum absolute atomic E-state index is 10.2. The van der Waals surface area contributed by atoms with Crippen molar-refractivity contribution >= 4 is 0 Å². The van der Waals surface area contributed by atoms with Gasteiger partial charge >= 0.3 is 0 Å². The van der Waals surface area contributed by atoms with Crippen LogP contribution in [0.1, 0.15) is 12.0 Å².